The van der Waals surface area contributed by atoms with Gasteiger partial charge in [0.2, 0.25) is 5.95 Å². The van der Waals surface area contributed by atoms with Crippen LogP contribution in [0.5, 0.6) is 0 Å². The molecule has 0 radical (unpaired) electrons. The Labute approximate surface area is 247 Å². The van der Waals surface area contributed by atoms with Crippen molar-refractivity contribution < 1.29 is 22.7 Å². The number of nitrogens with zero attached hydrogens (tertiary/aromatic N) is 5. The minimum absolute atomic E-state index is 0.0240. The number of nitriles is 1. The average molecular weight is 638 g/mol. The van der Waals surface area contributed by atoms with Gasteiger partial charge >= 0.3 is 17.8 Å². The summed E-state index contributed by atoms with van der Waals surface area (Å²) in [5.41, 5.74) is 1.51. The molecule has 1 atom stereocenters. The van der Waals surface area contributed by atoms with Crippen LogP contribution in [0.2, 0.25) is 0 Å². The van der Waals surface area contributed by atoms with Crippen LogP contribution in [0.4, 0.5) is 24.8 Å². The highest BCUT2D eigenvalue weighted by atomic mass is 79.9. The van der Waals surface area contributed by atoms with E-state index in [2.05, 4.69) is 21.0 Å². The van der Waals surface area contributed by atoms with Crippen LogP contribution in [0, 0.1) is 11.3 Å². The quantitative estimate of drug-likeness (QED) is 0.188. The second-order valence-corrected chi connectivity index (χ2v) is 10.1. The molecule has 0 fully saturated rings. The second kappa shape index (κ2) is 11.3. The largest absolute Gasteiger partial charge is 0.466 e. The van der Waals surface area contributed by atoms with Crippen molar-refractivity contribution in [3.05, 3.63) is 122 Å². The molecule has 0 aliphatic carbocycles. The Hall–Kier alpha value is -4.63. The maximum atomic E-state index is 14.0. The van der Waals surface area contributed by atoms with E-state index in [4.69, 9.17) is 4.74 Å². The van der Waals surface area contributed by atoms with Crippen molar-refractivity contribution in [1.82, 2.24) is 14.3 Å². The summed E-state index contributed by atoms with van der Waals surface area (Å²) >= 11 is 3.40. The minimum Gasteiger partial charge on any atom is -0.466 e. The lowest BCUT2D eigenvalue weighted by Gasteiger charge is -2.35. The van der Waals surface area contributed by atoms with Crippen LogP contribution in [0.25, 0.3) is 0 Å². The van der Waals surface area contributed by atoms with E-state index in [1.165, 1.54) is 33.4 Å². The van der Waals surface area contributed by atoms with Crippen LogP contribution in [0.3, 0.4) is 0 Å². The molecule has 0 bridgehead atoms. The Bertz CT molecular complexity index is 1790. The van der Waals surface area contributed by atoms with Crippen molar-refractivity contribution in [3.8, 4) is 6.07 Å². The Morgan fingerprint density at radius 1 is 1.07 bits per heavy atom. The number of fused-ring (bicyclic) bond motifs is 1. The van der Waals surface area contributed by atoms with Crippen LogP contribution < -0.4 is 10.6 Å². The predicted molar refractivity (Wildman–Crippen MR) is 152 cm³/mol. The van der Waals surface area contributed by atoms with Crippen LogP contribution in [-0.2, 0) is 27.6 Å². The van der Waals surface area contributed by atoms with Crippen molar-refractivity contribution in [2.45, 2.75) is 31.0 Å². The van der Waals surface area contributed by atoms with Crippen molar-refractivity contribution in [2.75, 3.05) is 12.0 Å². The number of halogens is 4. The molecule has 2 heterocycles. The molecular formula is C30H23BrF3N5O3. The van der Waals surface area contributed by atoms with Gasteiger partial charge in [0.05, 0.1) is 36.4 Å². The lowest BCUT2D eigenvalue weighted by Crippen LogP contribution is -2.38. The van der Waals surface area contributed by atoms with E-state index >= 15 is 0 Å². The fourth-order valence-corrected chi connectivity index (χ4v) is 5.32. The molecule has 42 heavy (non-hydrogen) atoms. The molecule has 0 N–H and O–H groups in total. The molecule has 0 saturated carbocycles. The van der Waals surface area contributed by atoms with Gasteiger partial charge in [0, 0.05) is 16.7 Å². The van der Waals surface area contributed by atoms with E-state index in [-0.39, 0.29) is 29.5 Å². The lowest BCUT2D eigenvalue weighted by atomic mass is 9.93. The molecule has 1 aromatic heterocycles. The van der Waals surface area contributed by atoms with Gasteiger partial charge in [0.1, 0.15) is 6.04 Å². The first-order valence-electron chi connectivity index (χ1n) is 12.7. The Morgan fingerprint density at radius 3 is 2.33 bits per heavy atom. The third-order valence-corrected chi connectivity index (χ3v) is 7.66. The number of benzene rings is 3. The first kappa shape index (κ1) is 28.9. The molecule has 1 aliphatic rings. The molecule has 3 aromatic carbocycles. The first-order valence-corrected chi connectivity index (χ1v) is 13.8. The van der Waals surface area contributed by atoms with Crippen LogP contribution in [0.15, 0.2) is 88.9 Å². The SMILES string of the molecule is COC(=O)C1=C(C)N(c2cccc(C(F)(F)F)c2)c2nn(Cc3ccc(CBr)cc3)c(=O)n2C1c1ccc(C#N)cc1. The Morgan fingerprint density at radius 2 is 1.74 bits per heavy atom. The first-order chi connectivity index (χ1) is 20.1. The van der Waals surface area contributed by atoms with Gasteiger partial charge in [-0.3, -0.25) is 4.90 Å². The fourth-order valence-electron chi connectivity index (χ4n) is 4.95. The molecule has 0 spiro atoms. The van der Waals surface area contributed by atoms with Gasteiger partial charge in [-0.25, -0.2) is 18.8 Å². The number of alkyl halides is 4. The summed E-state index contributed by atoms with van der Waals surface area (Å²) in [5, 5.41) is 14.5. The average Bonchev–Trinajstić information content (AvgIpc) is 3.30. The molecule has 12 heteroatoms. The van der Waals surface area contributed by atoms with Gasteiger partial charge in [0.15, 0.2) is 0 Å². The van der Waals surface area contributed by atoms with Gasteiger partial charge in [-0.1, -0.05) is 58.4 Å². The number of esters is 1. The summed E-state index contributed by atoms with van der Waals surface area (Å²) in [5.74, 6) is -0.745. The molecule has 0 saturated heterocycles. The van der Waals surface area contributed by atoms with E-state index in [1.807, 2.05) is 30.3 Å². The topological polar surface area (TPSA) is 93.2 Å². The van der Waals surface area contributed by atoms with Crippen molar-refractivity contribution in [2.24, 2.45) is 0 Å². The highest BCUT2D eigenvalue weighted by molar-refractivity contribution is 9.08. The summed E-state index contributed by atoms with van der Waals surface area (Å²) in [6.45, 7) is 1.64. The summed E-state index contributed by atoms with van der Waals surface area (Å²) in [6, 6.07) is 19.4. The standard InChI is InChI=1S/C30H23BrF3N5O3/c1-18-25(27(40)42-2)26(22-12-10-20(16-35)11-13-22)39-28(38(18)24-5-3-4-23(14-24)30(32,33)34)36-37(29(39)41)17-21-8-6-19(15-31)7-9-21/h3-14,26H,15,17H2,1-2H3. The molecule has 4 aromatic rings. The number of methoxy groups -OCH3 is 1. The van der Waals surface area contributed by atoms with E-state index in [9.17, 15) is 28.0 Å². The third-order valence-electron chi connectivity index (χ3n) is 7.01. The number of allylic oxidation sites excluding steroid dienone is 1. The number of rotatable bonds is 6. The van der Waals surface area contributed by atoms with Crippen molar-refractivity contribution in [3.63, 3.8) is 0 Å². The van der Waals surface area contributed by atoms with E-state index in [0.717, 1.165) is 23.3 Å². The summed E-state index contributed by atoms with van der Waals surface area (Å²) in [7, 11) is 1.19. The monoisotopic (exact) mass is 637 g/mol. The van der Waals surface area contributed by atoms with Crippen molar-refractivity contribution >= 4 is 33.5 Å². The molecule has 1 aliphatic heterocycles. The van der Waals surface area contributed by atoms with Gasteiger partial charge in [-0.15, -0.1) is 5.10 Å². The van der Waals surface area contributed by atoms with E-state index in [0.29, 0.717) is 16.5 Å². The molecule has 5 rings (SSSR count). The number of anilines is 2. The number of hydrogen-bond acceptors (Lipinski definition) is 6. The Balaban J connectivity index is 1.77. The minimum atomic E-state index is -4.63. The summed E-state index contributed by atoms with van der Waals surface area (Å²) in [6.07, 6.45) is -4.63. The summed E-state index contributed by atoms with van der Waals surface area (Å²) in [4.78, 5) is 28.7. The lowest BCUT2D eigenvalue weighted by molar-refractivity contribution is -0.138. The molecule has 8 nitrogen and oxygen atoms in total. The zero-order valence-electron chi connectivity index (χ0n) is 22.4. The number of hydrogen-bond donors (Lipinski definition) is 0. The van der Waals surface area contributed by atoms with Gasteiger partial charge in [0.25, 0.3) is 0 Å². The van der Waals surface area contributed by atoms with Gasteiger partial charge in [-0.05, 0) is 53.9 Å². The number of ether oxygens (including phenoxy) is 1. The molecule has 0 amide bonds. The third kappa shape index (κ3) is 5.23. The zero-order valence-corrected chi connectivity index (χ0v) is 24.0. The van der Waals surface area contributed by atoms with E-state index < -0.39 is 29.4 Å². The smallest absolute Gasteiger partial charge is 0.416 e. The van der Waals surface area contributed by atoms with Crippen molar-refractivity contribution in [1.29, 1.82) is 5.26 Å². The summed E-state index contributed by atoms with van der Waals surface area (Å²) < 4.78 is 48.7. The van der Waals surface area contributed by atoms with Gasteiger partial charge < -0.3 is 4.74 Å². The molecule has 1 unspecified atom stereocenters. The maximum absolute atomic E-state index is 14.0. The predicted octanol–water partition coefficient (Wildman–Crippen LogP) is 6.07. The second-order valence-electron chi connectivity index (χ2n) is 9.57. The normalized spacial score (nSPS) is 14.9. The van der Waals surface area contributed by atoms with Crippen LogP contribution in [0.1, 0.15) is 40.8 Å². The van der Waals surface area contributed by atoms with Crippen LogP contribution >= 0.6 is 15.9 Å². The van der Waals surface area contributed by atoms with Crippen LogP contribution in [-0.4, -0.2) is 27.4 Å². The number of aromatic nitrogens is 3. The molecule has 214 valence electrons. The van der Waals surface area contributed by atoms with E-state index in [1.54, 1.807) is 31.2 Å². The molecular weight excluding hydrogens is 615 g/mol. The highest BCUT2D eigenvalue weighted by Crippen LogP contribution is 2.43. The van der Waals surface area contributed by atoms with Gasteiger partial charge in [-0.2, -0.15) is 18.4 Å². The fraction of sp³-hybridized carbons (Fsp3) is 0.200. The Kier molecular flexibility index (Phi) is 7.79. The zero-order chi connectivity index (χ0) is 30.2. The number of carbonyl (C=O) groups excluding carboxylic acids is 1. The highest BCUT2D eigenvalue weighted by Gasteiger charge is 2.41. The maximum Gasteiger partial charge on any atom is 0.416 e. The number of carbonyl (C=O) groups is 1.